The largest absolute Gasteiger partial charge is 0.467 e. The number of ether oxygens (including phenoxy) is 3. The Morgan fingerprint density at radius 1 is 1.53 bits per heavy atom. The summed E-state index contributed by atoms with van der Waals surface area (Å²) in [5, 5.41) is 3.00. The summed E-state index contributed by atoms with van der Waals surface area (Å²) in [4.78, 5) is 12.0. The summed E-state index contributed by atoms with van der Waals surface area (Å²) >= 11 is 0. The third kappa shape index (κ3) is 2.35. The second-order valence-corrected chi connectivity index (χ2v) is 4.24. The van der Waals surface area contributed by atoms with Crippen LogP contribution in [0.4, 0.5) is 0 Å². The van der Waals surface area contributed by atoms with Crippen LogP contribution in [-0.2, 0) is 15.1 Å². The number of carbonyl (C=O) groups excluding carboxylic acids is 1. The number of terminal acetylenes is 1. The normalized spacial score (nSPS) is 15.4. The minimum absolute atomic E-state index is 0.186. The molecule has 0 spiro atoms. The second-order valence-electron chi connectivity index (χ2n) is 4.24. The van der Waals surface area contributed by atoms with Gasteiger partial charge in [0.1, 0.15) is 5.54 Å². The molecule has 0 saturated heterocycles. The Labute approximate surface area is 111 Å². The Morgan fingerprint density at radius 2 is 2.26 bits per heavy atom. The predicted molar refractivity (Wildman–Crippen MR) is 68.8 cm³/mol. The van der Waals surface area contributed by atoms with Crippen LogP contribution in [0.2, 0.25) is 0 Å². The van der Waals surface area contributed by atoms with Gasteiger partial charge >= 0.3 is 5.97 Å². The first-order chi connectivity index (χ1) is 9.11. The fraction of sp³-hybridized carbons (Fsp3) is 0.357. The van der Waals surface area contributed by atoms with Crippen LogP contribution in [0, 0.1) is 12.3 Å². The van der Waals surface area contributed by atoms with Gasteiger partial charge in [-0.1, -0.05) is 12.0 Å². The van der Waals surface area contributed by atoms with Gasteiger partial charge in [0.2, 0.25) is 6.79 Å². The zero-order chi connectivity index (χ0) is 13.9. The molecular weight excluding hydrogens is 246 g/mol. The van der Waals surface area contributed by atoms with E-state index in [1.54, 1.807) is 25.1 Å². The number of methoxy groups -OCH3 is 1. The lowest BCUT2D eigenvalue weighted by molar-refractivity contribution is -0.148. The molecule has 0 aliphatic carbocycles. The van der Waals surface area contributed by atoms with Crippen LogP contribution in [0.3, 0.4) is 0 Å². The summed E-state index contributed by atoms with van der Waals surface area (Å²) < 4.78 is 15.4. The Hall–Kier alpha value is -2.19. The highest BCUT2D eigenvalue weighted by molar-refractivity contribution is 5.82. The number of carbonyl (C=O) groups is 1. The minimum atomic E-state index is -1.03. The molecule has 100 valence electrons. The van der Waals surface area contributed by atoms with Gasteiger partial charge in [-0.2, -0.15) is 0 Å². The summed E-state index contributed by atoms with van der Waals surface area (Å²) in [5.41, 5.74) is -0.318. The fourth-order valence-corrected chi connectivity index (χ4v) is 1.93. The van der Waals surface area contributed by atoms with Crippen molar-refractivity contribution in [3.05, 3.63) is 23.8 Å². The third-order valence-electron chi connectivity index (χ3n) is 3.09. The molecule has 1 aromatic carbocycles. The zero-order valence-corrected chi connectivity index (χ0v) is 10.9. The van der Waals surface area contributed by atoms with Crippen LogP contribution >= 0.6 is 0 Å². The molecule has 1 aliphatic rings. The Morgan fingerprint density at radius 3 is 2.95 bits per heavy atom. The maximum Gasteiger partial charge on any atom is 0.330 e. The molecule has 0 aromatic heterocycles. The summed E-state index contributed by atoms with van der Waals surface area (Å²) in [7, 11) is 1.34. The average Bonchev–Trinajstić information content (AvgIpc) is 2.91. The molecule has 0 fully saturated rings. The number of hydrogen-bond acceptors (Lipinski definition) is 5. The topological polar surface area (TPSA) is 56.8 Å². The van der Waals surface area contributed by atoms with E-state index >= 15 is 0 Å². The molecule has 5 heteroatoms. The van der Waals surface area contributed by atoms with E-state index in [-0.39, 0.29) is 13.3 Å². The highest BCUT2D eigenvalue weighted by atomic mass is 16.7. The Bertz CT molecular complexity index is 535. The summed E-state index contributed by atoms with van der Waals surface area (Å²) in [5.74, 6) is 3.30. The fourth-order valence-electron chi connectivity index (χ4n) is 1.93. The number of nitrogens with one attached hydrogen (secondary N) is 1. The molecule has 0 amide bonds. The average molecular weight is 261 g/mol. The third-order valence-corrected chi connectivity index (χ3v) is 3.09. The smallest absolute Gasteiger partial charge is 0.330 e. The molecule has 1 aromatic rings. The van der Waals surface area contributed by atoms with E-state index in [0.717, 1.165) is 0 Å². The predicted octanol–water partition coefficient (Wildman–Crippen LogP) is 1.03. The van der Waals surface area contributed by atoms with Crippen molar-refractivity contribution in [3.63, 3.8) is 0 Å². The Kier molecular flexibility index (Phi) is 3.63. The maximum absolute atomic E-state index is 12.0. The summed E-state index contributed by atoms with van der Waals surface area (Å²) in [6.07, 6.45) is 5.24. The van der Waals surface area contributed by atoms with Crippen LogP contribution in [0.1, 0.15) is 12.5 Å². The molecule has 1 aliphatic heterocycles. The van der Waals surface area contributed by atoms with E-state index in [1.807, 2.05) is 0 Å². The lowest BCUT2D eigenvalue weighted by Crippen LogP contribution is -2.47. The van der Waals surface area contributed by atoms with E-state index < -0.39 is 11.5 Å². The SMILES string of the molecule is C#CCNC(C)(C(=O)OC)c1ccc2c(c1)OCO2. The van der Waals surface area contributed by atoms with Crippen molar-refractivity contribution in [1.29, 1.82) is 0 Å². The monoisotopic (exact) mass is 261 g/mol. The molecule has 1 unspecified atom stereocenters. The highest BCUT2D eigenvalue weighted by Gasteiger charge is 2.36. The number of benzene rings is 1. The van der Waals surface area contributed by atoms with Gasteiger partial charge in [-0.15, -0.1) is 6.42 Å². The quantitative estimate of drug-likeness (QED) is 0.648. The van der Waals surface area contributed by atoms with E-state index in [1.165, 1.54) is 7.11 Å². The molecule has 0 saturated carbocycles. The molecule has 1 N–H and O–H groups in total. The molecule has 0 bridgehead atoms. The van der Waals surface area contributed by atoms with Gasteiger partial charge in [-0.05, 0) is 24.6 Å². The van der Waals surface area contributed by atoms with Crippen molar-refractivity contribution in [2.75, 3.05) is 20.4 Å². The molecule has 1 atom stereocenters. The van der Waals surface area contributed by atoms with Gasteiger partial charge in [0, 0.05) is 0 Å². The van der Waals surface area contributed by atoms with Crippen molar-refractivity contribution in [1.82, 2.24) is 5.32 Å². The molecule has 19 heavy (non-hydrogen) atoms. The van der Waals surface area contributed by atoms with Crippen molar-refractivity contribution >= 4 is 5.97 Å². The maximum atomic E-state index is 12.0. The van der Waals surface area contributed by atoms with E-state index in [2.05, 4.69) is 11.2 Å². The van der Waals surface area contributed by atoms with Gasteiger partial charge in [0.05, 0.1) is 13.7 Å². The van der Waals surface area contributed by atoms with E-state index in [4.69, 9.17) is 20.6 Å². The van der Waals surface area contributed by atoms with Crippen LogP contribution in [0.5, 0.6) is 11.5 Å². The van der Waals surface area contributed by atoms with Gasteiger partial charge in [0.15, 0.2) is 11.5 Å². The van der Waals surface area contributed by atoms with Crippen LogP contribution in [-0.4, -0.2) is 26.4 Å². The molecule has 0 radical (unpaired) electrons. The first kappa shape index (κ1) is 13.2. The molecular formula is C14H15NO4. The van der Waals surface area contributed by atoms with Crippen LogP contribution in [0.25, 0.3) is 0 Å². The summed E-state index contributed by atoms with van der Waals surface area (Å²) in [6, 6.07) is 5.30. The van der Waals surface area contributed by atoms with Gasteiger partial charge in [-0.25, -0.2) is 4.79 Å². The van der Waals surface area contributed by atoms with Gasteiger partial charge in [-0.3, -0.25) is 5.32 Å². The number of rotatable bonds is 4. The highest BCUT2D eigenvalue weighted by Crippen LogP contribution is 2.36. The number of esters is 1. The first-order valence-corrected chi connectivity index (χ1v) is 5.79. The summed E-state index contributed by atoms with van der Waals surface area (Å²) in [6.45, 7) is 2.15. The second kappa shape index (κ2) is 5.21. The lowest BCUT2D eigenvalue weighted by atomic mass is 9.91. The van der Waals surface area contributed by atoms with Crippen molar-refractivity contribution < 1.29 is 19.0 Å². The minimum Gasteiger partial charge on any atom is -0.467 e. The molecule has 1 heterocycles. The first-order valence-electron chi connectivity index (χ1n) is 5.79. The zero-order valence-electron chi connectivity index (χ0n) is 10.9. The Balaban J connectivity index is 2.38. The molecule has 5 nitrogen and oxygen atoms in total. The standard InChI is InChI=1S/C14H15NO4/c1-4-7-15-14(2,13(16)17-3)10-5-6-11-12(8-10)19-9-18-11/h1,5-6,8,15H,7,9H2,2-3H3. The van der Waals surface area contributed by atoms with Crippen LogP contribution < -0.4 is 14.8 Å². The van der Waals surface area contributed by atoms with E-state index in [9.17, 15) is 4.79 Å². The van der Waals surface area contributed by atoms with Gasteiger partial charge in [0.25, 0.3) is 0 Å². The number of fused-ring (bicyclic) bond motifs is 1. The lowest BCUT2D eigenvalue weighted by Gasteiger charge is -2.27. The molecule has 2 rings (SSSR count). The van der Waals surface area contributed by atoms with Crippen molar-refractivity contribution in [3.8, 4) is 23.8 Å². The van der Waals surface area contributed by atoms with Crippen LogP contribution in [0.15, 0.2) is 18.2 Å². The van der Waals surface area contributed by atoms with Crippen molar-refractivity contribution in [2.24, 2.45) is 0 Å². The van der Waals surface area contributed by atoms with Gasteiger partial charge < -0.3 is 14.2 Å². The van der Waals surface area contributed by atoms with E-state index in [0.29, 0.717) is 17.1 Å². The number of hydrogen-bond donors (Lipinski definition) is 1. The van der Waals surface area contributed by atoms with Crippen molar-refractivity contribution in [2.45, 2.75) is 12.5 Å².